The number of nitrogens with two attached hydrogens (primary N) is 4. The maximum Gasteiger partial charge on any atom is 0.271 e. The fraction of sp³-hybridized carbons (Fsp3) is 0.526. The molecule has 4 atom stereocenters. The van der Waals surface area contributed by atoms with E-state index in [1.54, 1.807) is 12.1 Å². The van der Waals surface area contributed by atoms with Crippen molar-refractivity contribution in [3.8, 4) is 0 Å². The molecule has 1 aromatic carbocycles. The maximum absolute atomic E-state index is 11.1. The molecule has 0 aliphatic carbocycles. The molecule has 0 spiro atoms. The van der Waals surface area contributed by atoms with E-state index in [0.29, 0.717) is 43.8 Å². The zero-order chi connectivity index (χ0) is 22.8. The van der Waals surface area contributed by atoms with E-state index in [0.717, 1.165) is 12.8 Å². The summed E-state index contributed by atoms with van der Waals surface area (Å²) in [6.07, 6.45) is 1.45. The second-order valence-electron chi connectivity index (χ2n) is 8.51. The van der Waals surface area contributed by atoms with E-state index in [4.69, 9.17) is 22.9 Å². The van der Waals surface area contributed by atoms with E-state index >= 15 is 0 Å². The third kappa shape index (κ3) is 5.19. The number of nitrogens with one attached hydrogen (secondary N) is 1. The molecule has 2 saturated heterocycles. The number of rotatable bonds is 5. The van der Waals surface area contributed by atoms with Crippen LogP contribution in [0.15, 0.2) is 24.3 Å². The van der Waals surface area contributed by atoms with E-state index < -0.39 is 4.92 Å². The largest absolute Gasteiger partial charge is 0.338 e. The van der Waals surface area contributed by atoms with Gasteiger partial charge in [0, 0.05) is 68.2 Å². The quantitative estimate of drug-likeness (QED) is 0.286. The molecular formula is C19H29N11O2. The molecule has 0 radical (unpaired) electrons. The Hall–Kier alpha value is -3.13. The van der Waals surface area contributed by atoms with Crippen molar-refractivity contribution in [2.75, 3.05) is 41.3 Å². The van der Waals surface area contributed by atoms with Crippen LogP contribution in [0, 0.1) is 10.1 Å². The molecule has 13 heteroatoms. The van der Waals surface area contributed by atoms with Gasteiger partial charge in [0.2, 0.25) is 17.8 Å². The lowest BCUT2D eigenvalue weighted by atomic mass is 10.0. The van der Waals surface area contributed by atoms with Crippen LogP contribution in [0.3, 0.4) is 0 Å². The number of nitrogens with zero attached hydrogens (tertiary/aromatic N) is 6. The third-order valence-electron chi connectivity index (χ3n) is 5.52. The van der Waals surface area contributed by atoms with E-state index in [1.165, 1.54) is 12.1 Å². The Bertz CT molecular complexity index is 910. The van der Waals surface area contributed by atoms with Crippen molar-refractivity contribution < 1.29 is 4.92 Å². The molecule has 0 amide bonds. The number of anilines is 4. The normalized spacial score (nSPS) is 26.1. The summed E-state index contributed by atoms with van der Waals surface area (Å²) in [5.41, 5.74) is 25.1. The minimum Gasteiger partial charge on any atom is -0.338 e. The van der Waals surface area contributed by atoms with Crippen molar-refractivity contribution in [3.63, 3.8) is 0 Å². The zero-order valence-electron chi connectivity index (χ0n) is 17.7. The van der Waals surface area contributed by atoms with Crippen LogP contribution in [0.1, 0.15) is 12.8 Å². The first-order chi connectivity index (χ1) is 15.3. The predicted octanol–water partition coefficient (Wildman–Crippen LogP) is -0.747. The molecule has 32 heavy (non-hydrogen) atoms. The van der Waals surface area contributed by atoms with Gasteiger partial charge in [-0.05, 0) is 18.9 Å². The van der Waals surface area contributed by atoms with Gasteiger partial charge in [0.05, 0.1) is 4.92 Å². The monoisotopic (exact) mass is 443 g/mol. The highest BCUT2D eigenvalue weighted by molar-refractivity contribution is 5.59. The van der Waals surface area contributed by atoms with E-state index in [1.807, 2.05) is 9.80 Å². The summed E-state index contributed by atoms with van der Waals surface area (Å²) in [6, 6.07) is 5.76. The Morgan fingerprint density at radius 3 is 1.84 bits per heavy atom. The van der Waals surface area contributed by atoms with Crippen LogP contribution in [0.5, 0.6) is 0 Å². The summed E-state index contributed by atoms with van der Waals surface area (Å²) in [5, 5.41) is 14.2. The molecular weight excluding hydrogens is 414 g/mol. The molecule has 172 valence electrons. The Morgan fingerprint density at radius 1 is 0.875 bits per heavy atom. The summed E-state index contributed by atoms with van der Waals surface area (Å²) < 4.78 is 0. The first-order valence-electron chi connectivity index (χ1n) is 10.6. The van der Waals surface area contributed by atoms with Crippen LogP contribution in [0.4, 0.5) is 29.2 Å². The Balaban J connectivity index is 1.68. The number of nitro benzene ring substituents is 1. The van der Waals surface area contributed by atoms with Gasteiger partial charge in [-0.1, -0.05) is 6.07 Å². The second kappa shape index (κ2) is 9.16. The summed E-state index contributed by atoms with van der Waals surface area (Å²) in [6.45, 7) is 2.25. The molecule has 2 aromatic rings. The van der Waals surface area contributed by atoms with Gasteiger partial charge < -0.3 is 38.1 Å². The molecule has 13 nitrogen and oxygen atoms in total. The molecule has 0 bridgehead atoms. The fourth-order valence-corrected chi connectivity index (χ4v) is 4.20. The molecule has 1 aromatic heterocycles. The second-order valence-corrected chi connectivity index (χ2v) is 8.51. The van der Waals surface area contributed by atoms with Crippen molar-refractivity contribution in [1.82, 2.24) is 15.0 Å². The summed E-state index contributed by atoms with van der Waals surface area (Å²) in [4.78, 5) is 28.3. The molecule has 4 rings (SSSR count). The third-order valence-corrected chi connectivity index (χ3v) is 5.52. The van der Waals surface area contributed by atoms with Gasteiger partial charge >= 0.3 is 0 Å². The molecule has 4 unspecified atom stereocenters. The molecule has 2 aliphatic rings. The highest BCUT2D eigenvalue weighted by Crippen LogP contribution is 2.25. The molecule has 2 fully saturated rings. The van der Waals surface area contributed by atoms with Crippen LogP contribution in [0.25, 0.3) is 0 Å². The average molecular weight is 444 g/mol. The summed E-state index contributed by atoms with van der Waals surface area (Å²) in [7, 11) is 0. The maximum atomic E-state index is 11.1. The highest BCUT2D eigenvalue weighted by atomic mass is 16.6. The standard InChI is InChI=1S/C19H29N11O2/c20-11-4-12(21)8-28(7-11)18-25-17(24-15-2-1-3-16(6-15)30(31)32)26-19(27-18)29-9-13(22)5-14(23)10-29/h1-3,6,11-14H,4-5,7-10,20-23H2,(H,24,25,26,27). The summed E-state index contributed by atoms with van der Waals surface area (Å²) in [5.74, 6) is 1.12. The number of hydrogen-bond acceptors (Lipinski definition) is 12. The Kier molecular flexibility index (Phi) is 6.32. The number of hydrogen-bond donors (Lipinski definition) is 5. The topological polar surface area (TPSA) is 204 Å². The van der Waals surface area contributed by atoms with Gasteiger partial charge in [-0.15, -0.1) is 0 Å². The van der Waals surface area contributed by atoms with Gasteiger partial charge in [0.1, 0.15) is 0 Å². The SMILES string of the molecule is NC1CC(N)CN(c2nc(Nc3cccc([N+](=O)[O-])c3)nc(N3CC(N)CC(N)C3)n2)C1. The average Bonchev–Trinajstić information content (AvgIpc) is 2.72. The van der Waals surface area contributed by atoms with Gasteiger partial charge in [-0.25, -0.2) is 0 Å². The van der Waals surface area contributed by atoms with E-state index in [9.17, 15) is 10.1 Å². The minimum atomic E-state index is -0.456. The lowest BCUT2D eigenvalue weighted by Crippen LogP contribution is -2.54. The van der Waals surface area contributed by atoms with Crippen LogP contribution in [-0.2, 0) is 0 Å². The Morgan fingerprint density at radius 2 is 1.38 bits per heavy atom. The number of non-ortho nitro benzene ring substituents is 1. The van der Waals surface area contributed by atoms with Crippen molar-refractivity contribution >= 4 is 29.2 Å². The Labute approximate surface area is 185 Å². The first kappa shape index (κ1) is 22.1. The van der Waals surface area contributed by atoms with Gasteiger partial charge in [-0.3, -0.25) is 10.1 Å². The number of nitro groups is 1. The van der Waals surface area contributed by atoms with Gasteiger partial charge in [-0.2, -0.15) is 15.0 Å². The smallest absolute Gasteiger partial charge is 0.271 e. The van der Waals surface area contributed by atoms with Gasteiger partial charge in [0.15, 0.2) is 0 Å². The molecule has 2 aliphatic heterocycles. The lowest BCUT2D eigenvalue weighted by Gasteiger charge is -2.37. The number of benzene rings is 1. The van der Waals surface area contributed by atoms with E-state index in [-0.39, 0.29) is 35.8 Å². The first-order valence-corrected chi connectivity index (χ1v) is 10.6. The van der Waals surface area contributed by atoms with Crippen molar-refractivity contribution in [3.05, 3.63) is 34.4 Å². The van der Waals surface area contributed by atoms with Crippen LogP contribution < -0.4 is 38.1 Å². The zero-order valence-corrected chi connectivity index (χ0v) is 17.7. The van der Waals surface area contributed by atoms with Crippen LogP contribution in [-0.4, -0.2) is 70.2 Å². The fourth-order valence-electron chi connectivity index (χ4n) is 4.20. The molecule has 3 heterocycles. The van der Waals surface area contributed by atoms with Crippen LogP contribution in [0.2, 0.25) is 0 Å². The number of aromatic nitrogens is 3. The van der Waals surface area contributed by atoms with Crippen LogP contribution >= 0.6 is 0 Å². The van der Waals surface area contributed by atoms with Gasteiger partial charge in [0.25, 0.3) is 5.69 Å². The highest BCUT2D eigenvalue weighted by Gasteiger charge is 2.28. The predicted molar refractivity (Wildman–Crippen MR) is 122 cm³/mol. The number of piperidine rings is 2. The van der Waals surface area contributed by atoms with E-state index in [2.05, 4.69) is 20.3 Å². The molecule has 9 N–H and O–H groups in total. The van der Waals surface area contributed by atoms with Crippen molar-refractivity contribution in [2.45, 2.75) is 37.0 Å². The molecule has 0 saturated carbocycles. The van der Waals surface area contributed by atoms with Crippen molar-refractivity contribution in [1.29, 1.82) is 0 Å². The lowest BCUT2D eigenvalue weighted by molar-refractivity contribution is -0.384. The van der Waals surface area contributed by atoms with Crippen molar-refractivity contribution in [2.24, 2.45) is 22.9 Å². The minimum absolute atomic E-state index is 0.0366. The summed E-state index contributed by atoms with van der Waals surface area (Å²) >= 11 is 0.